The van der Waals surface area contributed by atoms with Gasteiger partial charge in [-0.05, 0) is 12.8 Å². The molecule has 1 fully saturated rings. The zero-order valence-electron chi connectivity index (χ0n) is 10.7. The van der Waals surface area contributed by atoms with Crippen LogP contribution in [0.5, 0.6) is 0 Å². The Bertz CT molecular complexity index is 249. The van der Waals surface area contributed by atoms with E-state index < -0.39 is 11.9 Å². The van der Waals surface area contributed by atoms with Crippen molar-refractivity contribution in [3.05, 3.63) is 0 Å². The fourth-order valence-corrected chi connectivity index (χ4v) is 2.45. The van der Waals surface area contributed by atoms with Gasteiger partial charge in [0.2, 0.25) is 0 Å². The van der Waals surface area contributed by atoms with E-state index in [1.165, 1.54) is 11.3 Å². The van der Waals surface area contributed by atoms with E-state index in [0.717, 1.165) is 38.5 Å². The summed E-state index contributed by atoms with van der Waals surface area (Å²) in [7, 11) is 0. The molecule has 0 atom stereocenters. The van der Waals surface area contributed by atoms with Gasteiger partial charge in [0.1, 0.15) is 0 Å². The van der Waals surface area contributed by atoms with Crippen molar-refractivity contribution in [1.29, 1.82) is 0 Å². The maximum absolute atomic E-state index is 10.6. The van der Waals surface area contributed by atoms with Crippen molar-refractivity contribution in [3.63, 3.8) is 0 Å². The molecule has 0 aliphatic heterocycles. The van der Waals surface area contributed by atoms with E-state index in [2.05, 4.69) is 0 Å². The Balaban J connectivity index is 0.00000289. The second-order valence-corrected chi connectivity index (χ2v) is 4.65. The van der Waals surface area contributed by atoms with Crippen LogP contribution in [-0.4, -0.2) is 36.0 Å². The summed E-state index contributed by atoms with van der Waals surface area (Å²) in [5, 5.41) is 21.2. The number of carbonyl (C=O) groups excluding carboxylic acids is 2. The molecule has 0 spiro atoms. The molecule has 0 bridgehead atoms. The quantitative estimate of drug-likeness (QED) is 0.602. The van der Waals surface area contributed by atoms with Gasteiger partial charge in [0, 0.05) is 19.1 Å². The van der Waals surface area contributed by atoms with E-state index in [4.69, 9.17) is 0 Å². The number of hydrogen-bond donors (Lipinski definition) is 0. The third kappa shape index (κ3) is 7.07. The predicted molar refractivity (Wildman–Crippen MR) is 57.7 cm³/mol. The van der Waals surface area contributed by atoms with Crippen molar-refractivity contribution >= 4 is 11.9 Å². The molecule has 0 unspecified atom stereocenters. The fraction of sp³-hybridized carbons (Fsp3) is 0.833. The van der Waals surface area contributed by atoms with Crippen molar-refractivity contribution in [2.75, 3.05) is 13.1 Å². The van der Waals surface area contributed by atoms with Gasteiger partial charge in [-0.1, -0.05) is 32.1 Å². The Morgan fingerprint density at radius 3 is 1.67 bits per heavy atom. The average molecular weight is 307 g/mol. The first-order valence-electron chi connectivity index (χ1n) is 6.23. The van der Waals surface area contributed by atoms with Crippen LogP contribution in [0.15, 0.2) is 0 Å². The molecule has 1 saturated carbocycles. The fourth-order valence-electron chi connectivity index (χ4n) is 2.45. The SMILES string of the molecule is O=C([O-])CN(CC(=O)[O-])C1CCCCCCC1.[Zn+2]. The smallest absolute Gasteiger partial charge is 0.549 e. The van der Waals surface area contributed by atoms with Crippen molar-refractivity contribution in [2.45, 2.75) is 51.0 Å². The van der Waals surface area contributed by atoms with Crippen molar-refractivity contribution in [3.8, 4) is 0 Å². The molecule has 18 heavy (non-hydrogen) atoms. The van der Waals surface area contributed by atoms with Gasteiger partial charge in [0.25, 0.3) is 0 Å². The molecular weight excluding hydrogens is 288 g/mol. The van der Waals surface area contributed by atoms with Gasteiger partial charge in [-0.3, -0.25) is 4.90 Å². The molecule has 6 heteroatoms. The van der Waals surface area contributed by atoms with E-state index in [1.807, 2.05) is 0 Å². The number of carboxylic acids is 2. The Hall–Kier alpha value is -0.477. The van der Waals surface area contributed by atoms with Crippen LogP contribution in [0.2, 0.25) is 0 Å². The molecule has 1 aliphatic carbocycles. The molecular formula is C12H19NO4Zn. The van der Waals surface area contributed by atoms with Gasteiger partial charge >= 0.3 is 19.5 Å². The van der Waals surface area contributed by atoms with Gasteiger partial charge in [-0.15, -0.1) is 0 Å². The van der Waals surface area contributed by atoms with Gasteiger partial charge in [-0.2, -0.15) is 0 Å². The number of rotatable bonds is 5. The molecule has 0 amide bonds. The summed E-state index contributed by atoms with van der Waals surface area (Å²) in [6.45, 7) is -0.642. The monoisotopic (exact) mass is 305 g/mol. The normalized spacial score (nSPS) is 17.6. The van der Waals surface area contributed by atoms with Crippen LogP contribution in [0.25, 0.3) is 0 Å². The number of nitrogens with zero attached hydrogens (tertiary/aromatic N) is 1. The molecule has 0 saturated heterocycles. The summed E-state index contributed by atoms with van der Waals surface area (Å²) in [6, 6.07) is 0.0334. The van der Waals surface area contributed by atoms with Crippen LogP contribution < -0.4 is 10.2 Å². The minimum absolute atomic E-state index is 0. The number of carbonyl (C=O) groups is 2. The average Bonchev–Trinajstić information content (AvgIpc) is 2.13. The number of aliphatic carboxylic acids is 2. The molecule has 5 nitrogen and oxygen atoms in total. The van der Waals surface area contributed by atoms with Gasteiger partial charge < -0.3 is 19.8 Å². The van der Waals surface area contributed by atoms with Crippen LogP contribution in [0.4, 0.5) is 0 Å². The second-order valence-electron chi connectivity index (χ2n) is 4.65. The van der Waals surface area contributed by atoms with Crippen molar-refractivity contribution in [2.24, 2.45) is 0 Å². The Labute approximate surface area is 120 Å². The summed E-state index contributed by atoms with van der Waals surface area (Å²) < 4.78 is 0. The van der Waals surface area contributed by atoms with E-state index >= 15 is 0 Å². The van der Waals surface area contributed by atoms with E-state index in [1.54, 1.807) is 0 Å². The third-order valence-electron chi connectivity index (χ3n) is 3.26. The molecule has 0 aromatic heterocycles. The summed E-state index contributed by atoms with van der Waals surface area (Å²) in [5.41, 5.74) is 0. The second kappa shape index (κ2) is 9.45. The standard InChI is InChI=1S/C12H21NO4.Zn/c14-11(15)8-13(9-12(16)17)10-6-4-2-1-3-5-7-10;/h10H,1-9H2,(H,14,15)(H,16,17);/q;+2/p-2. The van der Waals surface area contributed by atoms with Gasteiger partial charge in [0.05, 0.1) is 11.9 Å². The first-order valence-corrected chi connectivity index (χ1v) is 6.23. The first-order chi connectivity index (χ1) is 8.09. The predicted octanol–water partition coefficient (Wildman–Crippen LogP) is -1.10. The molecule has 1 aliphatic rings. The molecule has 0 heterocycles. The Morgan fingerprint density at radius 1 is 0.889 bits per heavy atom. The maximum Gasteiger partial charge on any atom is 2.00 e. The Morgan fingerprint density at radius 2 is 1.28 bits per heavy atom. The summed E-state index contributed by atoms with van der Waals surface area (Å²) in [4.78, 5) is 22.7. The van der Waals surface area contributed by atoms with Gasteiger partial charge in [0.15, 0.2) is 0 Å². The van der Waals surface area contributed by atoms with Crippen LogP contribution in [0.3, 0.4) is 0 Å². The minimum Gasteiger partial charge on any atom is -0.549 e. The topological polar surface area (TPSA) is 83.5 Å². The maximum atomic E-state index is 10.6. The first kappa shape index (κ1) is 17.5. The Kier molecular flexibility index (Phi) is 9.20. The molecule has 98 valence electrons. The summed E-state index contributed by atoms with van der Waals surface area (Å²) in [5.74, 6) is -2.46. The summed E-state index contributed by atoms with van der Waals surface area (Å²) >= 11 is 0. The van der Waals surface area contributed by atoms with Crippen LogP contribution >= 0.6 is 0 Å². The number of carboxylic acid groups (broad SMARTS) is 2. The van der Waals surface area contributed by atoms with Crippen molar-refractivity contribution in [1.82, 2.24) is 4.90 Å². The summed E-state index contributed by atoms with van der Waals surface area (Å²) in [6.07, 6.45) is 7.28. The largest absolute Gasteiger partial charge is 2.00 e. The van der Waals surface area contributed by atoms with E-state index in [0.29, 0.717) is 0 Å². The van der Waals surface area contributed by atoms with E-state index in [-0.39, 0.29) is 38.6 Å². The zero-order chi connectivity index (χ0) is 12.7. The van der Waals surface area contributed by atoms with Crippen LogP contribution in [-0.2, 0) is 29.1 Å². The molecule has 0 radical (unpaired) electrons. The van der Waals surface area contributed by atoms with Crippen molar-refractivity contribution < 1.29 is 39.3 Å². The minimum atomic E-state index is -1.23. The molecule has 0 N–H and O–H groups in total. The third-order valence-corrected chi connectivity index (χ3v) is 3.26. The number of hydrogen-bond acceptors (Lipinski definition) is 5. The van der Waals surface area contributed by atoms with Crippen LogP contribution in [0.1, 0.15) is 44.9 Å². The van der Waals surface area contributed by atoms with E-state index in [9.17, 15) is 19.8 Å². The zero-order valence-corrected chi connectivity index (χ0v) is 13.7. The molecule has 1 rings (SSSR count). The van der Waals surface area contributed by atoms with Gasteiger partial charge in [-0.25, -0.2) is 0 Å². The molecule has 0 aromatic carbocycles. The molecule has 0 aromatic rings. The van der Waals surface area contributed by atoms with Crippen LogP contribution in [0, 0.1) is 0 Å².